The molecule has 0 aliphatic heterocycles. The summed E-state index contributed by atoms with van der Waals surface area (Å²) in [5.41, 5.74) is 0.913. The fraction of sp³-hybridized carbons (Fsp3) is 0.235. The van der Waals surface area contributed by atoms with E-state index >= 15 is 0 Å². The third-order valence-electron chi connectivity index (χ3n) is 3.26. The number of aromatic nitrogens is 4. The Hall–Kier alpha value is -2.41. The molecule has 0 spiro atoms. The van der Waals surface area contributed by atoms with E-state index in [0.29, 0.717) is 25.6 Å². The first-order chi connectivity index (χ1) is 11.8. The zero-order chi connectivity index (χ0) is 16.8. The molecule has 0 N–H and O–H groups in total. The van der Waals surface area contributed by atoms with Crippen LogP contribution in [0.5, 0.6) is 11.5 Å². The Morgan fingerprint density at radius 1 is 1.00 bits per heavy atom. The van der Waals surface area contributed by atoms with Crippen LogP contribution in [0.3, 0.4) is 0 Å². The van der Waals surface area contributed by atoms with Crippen molar-refractivity contribution in [2.45, 2.75) is 13.5 Å². The predicted molar refractivity (Wildman–Crippen MR) is 94.1 cm³/mol. The van der Waals surface area contributed by atoms with Crippen molar-refractivity contribution in [2.75, 3.05) is 13.2 Å². The highest BCUT2D eigenvalue weighted by atomic mass is 79.9. The maximum Gasteiger partial charge on any atom is 0.206 e. The van der Waals surface area contributed by atoms with Gasteiger partial charge >= 0.3 is 0 Å². The van der Waals surface area contributed by atoms with Gasteiger partial charge < -0.3 is 9.47 Å². The monoisotopic (exact) mass is 388 g/mol. The first kappa shape index (κ1) is 16.4. The van der Waals surface area contributed by atoms with Crippen LogP contribution in [0.4, 0.5) is 0 Å². The second-order valence-electron chi connectivity index (χ2n) is 4.94. The number of nitrogens with zero attached hydrogens (tertiary/aromatic N) is 4. The topological polar surface area (TPSA) is 62.1 Å². The molecule has 1 aromatic heterocycles. The number of rotatable bonds is 7. The number of ether oxygens (including phenoxy) is 2. The van der Waals surface area contributed by atoms with Gasteiger partial charge in [-0.1, -0.05) is 28.1 Å². The highest BCUT2D eigenvalue weighted by Crippen LogP contribution is 2.24. The van der Waals surface area contributed by atoms with Crippen LogP contribution >= 0.6 is 15.9 Å². The SMILES string of the molecule is CCOc1ccc(OCCn2nnc(-c3ccccc3Br)n2)cc1. The molecular formula is C17H17BrN4O2. The summed E-state index contributed by atoms with van der Waals surface area (Å²) in [4.78, 5) is 1.53. The Kier molecular flexibility index (Phi) is 5.43. The smallest absolute Gasteiger partial charge is 0.206 e. The molecule has 0 amide bonds. The van der Waals surface area contributed by atoms with Gasteiger partial charge in [0.05, 0.1) is 13.2 Å². The zero-order valence-corrected chi connectivity index (χ0v) is 14.8. The van der Waals surface area contributed by atoms with Crippen molar-refractivity contribution in [3.8, 4) is 22.9 Å². The lowest BCUT2D eigenvalue weighted by Crippen LogP contribution is -2.11. The lowest BCUT2D eigenvalue weighted by atomic mass is 10.2. The van der Waals surface area contributed by atoms with E-state index in [0.717, 1.165) is 21.5 Å². The third-order valence-corrected chi connectivity index (χ3v) is 3.95. The van der Waals surface area contributed by atoms with Crippen LogP contribution in [-0.2, 0) is 6.54 Å². The second kappa shape index (κ2) is 7.92. The molecule has 124 valence electrons. The zero-order valence-electron chi connectivity index (χ0n) is 13.2. The van der Waals surface area contributed by atoms with E-state index in [-0.39, 0.29) is 0 Å². The molecule has 0 saturated heterocycles. The van der Waals surface area contributed by atoms with Crippen molar-refractivity contribution < 1.29 is 9.47 Å². The Labute approximate surface area is 148 Å². The van der Waals surface area contributed by atoms with Crippen molar-refractivity contribution in [2.24, 2.45) is 0 Å². The predicted octanol–water partition coefficient (Wildman–Crippen LogP) is 3.58. The third kappa shape index (κ3) is 4.11. The van der Waals surface area contributed by atoms with Crippen molar-refractivity contribution in [3.63, 3.8) is 0 Å². The average Bonchev–Trinajstić information content (AvgIpc) is 3.06. The summed E-state index contributed by atoms with van der Waals surface area (Å²) in [6.45, 7) is 3.58. The van der Waals surface area contributed by atoms with Crippen LogP contribution < -0.4 is 9.47 Å². The fourth-order valence-electron chi connectivity index (χ4n) is 2.13. The van der Waals surface area contributed by atoms with E-state index in [2.05, 4.69) is 31.3 Å². The number of hydrogen-bond donors (Lipinski definition) is 0. The summed E-state index contributed by atoms with van der Waals surface area (Å²) in [5, 5.41) is 12.5. The van der Waals surface area contributed by atoms with Crippen LogP contribution in [0, 0.1) is 0 Å². The number of tetrazole rings is 1. The van der Waals surface area contributed by atoms with Gasteiger partial charge in [0.15, 0.2) is 0 Å². The lowest BCUT2D eigenvalue weighted by molar-refractivity contribution is 0.279. The average molecular weight is 389 g/mol. The molecule has 0 unspecified atom stereocenters. The molecule has 0 bridgehead atoms. The van der Waals surface area contributed by atoms with Gasteiger partial charge in [0, 0.05) is 10.0 Å². The molecule has 2 aromatic carbocycles. The largest absolute Gasteiger partial charge is 0.494 e. The molecule has 0 aliphatic carbocycles. The fourth-order valence-corrected chi connectivity index (χ4v) is 2.59. The Bertz CT molecular complexity index is 789. The van der Waals surface area contributed by atoms with Crippen LogP contribution in [0.2, 0.25) is 0 Å². The molecule has 0 saturated carbocycles. The summed E-state index contributed by atoms with van der Waals surface area (Å²) in [5.74, 6) is 2.20. The Morgan fingerprint density at radius 2 is 1.71 bits per heavy atom. The summed E-state index contributed by atoms with van der Waals surface area (Å²) >= 11 is 3.49. The van der Waals surface area contributed by atoms with Crippen LogP contribution in [0.1, 0.15) is 6.92 Å². The van der Waals surface area contributed by atoms with Gasteiger partial charge in [0.25, 0.3) is 0 Å². The number of benzene rings is 2. The quantitative estimate of drug-likeness (QED) is 0.618. The van der Waals surface area contributed by atoms with Gasteiger partial charge in [-0.2, -0.15) is 4.80 Å². The highest BCUT2D eigenvalue weighted by molar-refractivity contribution is 9.10. The van der Waals surface area contributed by atoms with Crippen LogP contribution in [0.15, 0.2) is 53.0 Å². The molecule has 3 aromatic rings. The van der Waals surface area contributed by atoms with Crippen LogP contribution in [-0.4, -0.2) is 33.4 Å². The molecule has 1 heterocycles. The van der Waals surface area contributed by atoms with E-state index in [1.807, 2.05) is 55.5 Å². The maximum absolute atomic E-state index is 5.69. The minimum atomic E-state index is 0.458. The molecule has 0 aliphatic rings. The summed E-state index contributed by atoms with van der Waals surface area (Å²) in [7, 11) is 0. The molecule has 24 heavy (non-hydrogen) atoms. The molecule has 3 rings (SSSR count). The van der Waals surface area contributed by atoms with E-state index in [4.69, 9.17) is 9.47 Å². The molecule has 0 atom stereocenters. The summed E-state index contributed by atoms with van der Waals surface area (Å²) < 4.78 is 12.0. The van der Waals surface area contributed by atoms with Crippen molar-refractivity contribution >= 4 is 15.9 Å². The number of hydrogen-bond acceptors (Lipinski definition) is 5. The van der Waals surface area contributed by atoms with E-state index in [1.54, 1.807) is 0 Å². The van der Waals surface area contributed by atoms with E-state index in [9.17, 15) is 0 Å². The highest BCUT2D eigenvalue weighted by Gasteiger charge is 2.08. The summed E-state index contributed by atoms with van der Waals surface area (Å²) in [6, 6.07) is 15.3. The van der Waals surface area contributed by atoms with E-state index in [1.165, 1.54) is 4.80 Å². The molecule has 7 heteroatoms. The maximum atomic E-state index is 5.69. The minimum absolute atomic E-state index is 0.458. The molecule has 0 fully saturated rings. The molecule has 0 radical (unpaired) electrons. The second-order valence-corrected chi connectivity index (χ2v) is 5.80. The Balaban J connectivity index is 1.55. The van der Waals surface area contributed by atoms with Gasteiger partial charge in [-0.25, -0.2) is 0 Å². The van der Waals surface area contributed by atoms with Gasteiger partial charge in [-0.15, -0.1) is 10.2 Å². The Morgan fingerprint density at radius 3 is 2.42 bits per heavy atom. The van der Waals surface area contributed by atoms with Crippen molar-refractivity contribution in [1.29, 1.82) is 0 Å². The molecular weight excluding hydrogens is 372 g/mol. The minimum Gasteiger partial charge on any atom is -0.494 e. The number of halogens is 1. The van der Waals surface area contributed by atoms with Gasteiger partial charge in [-0.05, 0) is 48.5 Å². The first-order valence-electron chi connectivity index (χ1n) is 7.64. The summed E-state index contributed by atoms with van der Waals surface area (Å²) in [6.07, 6.45) is 0. The van der Waals surface area contributed by atoms with Gasteiger partial charge in [-0.3, -0.25) is 0 Å². The lowest BCUT2D eigenvalue weighted by Gasteiger charge is -2.07. The van der Waals surface area contributed by atoms with Crippen LogP contribution in [0.25, 0.3) is 11.4 Å². The van der Waals surface area contributed by atoms with Gasteiger partial charge in [0.1, 0.15) is 18.1 Å². The van der Waals surface area contributed by atoms with Crippen molar-refractivity contribution in [3.05, 3.63) is 53.0 Å². The van der Waals surface area contributed by atoms with Crippen molar-refractivity contribution in [1.82, 2.24) is 20.2 Å². The molecule has 6 nitrogen and oxygen atoms in total. The normalized spacial score (nSPS) is 10.6. The van der Waals surface area contributed by atoms with Gasteiger partial charge in [0.2, 0.25) is 5.82 Å². The van der Waals surface area contributed by atoms with E-state index < -0.39 is 0 Å². The first-order valence-corrected chi connectivity index (χ1v) is 8.44. The standard InChI is InChI=1S/C17H17BrN4O2/c1-2-23-13-7-9-14(10-8-13)24-12-11-22-20-17(19-21-22)15-5-3-4-6-16(15)18/h3-10H,2,11-12H2,1H3.